The summed E-state index contributed by atoms with van der Waals surface area (Å²) in [4.78, 5) is 10.7. The summed E-state index contributed by atoms with van der Waals surface area (Å²) in [6, 6.07) is 0. The highest BCUT2D eigenvalue weighted by molar-refractivity contribution is 5.68. The molecule has 0 atom stereocenters. The molecule has 0 aromatic carbocycles. The van der Waals surface area contributed by atoms with Crippen LogP contribution in [0.4, 0.5) is 13.2 Å². The van der Waals surface area contributed by atoms with Crippen molar-refractivity contribution in [3.05, 3.63) is 18.0 Å². The predicted octanol–water partition coefficient (Wildman–Crippen LogP) is 0.675. The molecule has 8 heteroatoms. The van der Waals surface area contributed by atoms with Crippen LogP contribution in [0.5, 0.6) is 0 Å². The van der Waals surface area contributed by atoms with Crippen LogP contribution in [-0.2, 0) is 16.5 Å². The van der Waals surface area contributed by atoms with Crippen molar-refractivity contribution >= 4 is 5.97 Å². The Bertz CT molecular complexity index is 437. The minimum atomic E-state index is -4.46. The number of hydrogen-bond acceptors (Lipinski definition) is 3. The second kappa shape index (κ2) is 3.73. The van der Waals surface area contributed by atoms with Crippen LogP contribution in [-0.4, -0.2) is 33.9 Å². The Morgan fingerprint density at radius 3 is 2.59 bits per heavy atom. The molecule has 0 aliphatic carbocycles. The first-order valence-electron chi connectivity index (χ1n) is 4.88. The van der Waals surface area contributed by atoms with Crippen molar-refractivity contribution in [2.24, 2.45) is 0 Å². The van der Waals surface area contributed by atoms with Gasteiger partial charge in [0.05, 0.1) is 23.7 Å². The van der Waals surface area contributed by atoms with Gasteiger partial charge in [0, 0.05) is 19.3 Å². The number of aliphatic carboxylic acids is 1. The van der Waals surface area contributed by atoms with E-state index in [0.29, 0.717) is 19.3 Å². The van der Waals surface area contributed by atoms with Gasteiger partial charge in [-0.1, -0.05) is 0 Å². The van der Waals surface area contributed by atoms with Gasteiger partial charge in [0.1, 0.15) is 0 Å². The summed E-state index contributed by atoms with van der Waals surface area (Å²) >= 11 is 0. The standard InChI is InChI=1S/C9H10F3N3O2/c10-9(11,12)6-2-14-15(3-6)8(1-7(16)17)4-13-5-8/h2-3,13H,1,4-5H2,(H,16,17). The Hall–Kier alpha value is -1.57. The quantitative estimate of drug-likeness (QED) is 0.826. The number of aromatic nitrogens is 2. The summed E-state index contributed by atoms with van der Waals surface area (Å²) in [5, 5.41) is 15.2. The van der Waals surface area contributed by atoms with E-state index in [1.54, 1.807) is 0 Å². The van der Waals surface area contributed by atoms with Crippen LogP contribution in [0.3, 0.4) is 0 Å². The number of nitrogens with one attached hydrogen (secondary N) is 1. The van der Waals surface area contributed by atoms with Crippen LogP contribution in [0.2, 0.25) is 0 Å². The molecular weight excluding hydrogens is 239 g/mol. The van der Waals surface area contributed by atoms with E-state index in [1.807, 2.05) is 0 Å². The van der Waals surface area contributed by atoms with E-state index in [2.05, 4.69) is 10.4 Å². The molecule has 17 heavy (non-hydrogen) atoms. The fourth-order valence-electron chi connectivity index (χ4n) is 1.79. The molecule has 1 aliphatic rings. The van der Waals surface area contributed by atoms with Gasteiger partial charge in [-0.15, -0.1) is 0 Å². The molecule has 5 nitrogen and oxygen atoms in total. The van der Waals surface area contributed by atoms with Gasteiger partial charge in [-0.3, -0.25) is 9.48 Å². The predicted molar refractivity (Wildman–Crippen MR) is 50.3 cm³/mol. The first-order chi connectivity index (χ1) is 7.83. The zero-order valence-corrected chi connectivity index (χ0v) is 8.66. The molecule has 2 heterocycles. The summed E-state index contributed by atoms with van der Waals surface area (Å²) in [6.45, 7) is 0.608. The Morgan fingerprint density at radius 2 is 2.24 bits per heavy atom. The van der Waals surface area contributed by atoms with Crippen LogP contribution < -0.4 is 5.32 Å². The third kappa shape index (κ3) is 2.12. The lowest BCUT2D eigenvalue weighted by Gasteiger charge is -2.41. The highest BCUT2D eigenvalue weighted by Crippen LogP contribution is 2.32. The average Bonchev–Trinajstić information content (AvgIpc) is 2.58. The van der Waals surface area contributed by atoms with Crippen LogP contribution in [0.25, 0.3) is 0 Å². The molecule has 1 aliphatic heterocycles. The summed E-state index contributed by atoms with van der Waals surface area (Å²) in [5.74, 6) is -1.06. The van der Waals surface area contributed by atoms with Crippen molar-refractivity contribution in [3.8, 4) is 0 Å². The molecule has 1 saturated heterocycles. The first kappa shape index (κ1) is 11.9. The van der Waals surface area contributed by atoms with Gasteiger partial charge >= 0.3 is 12.1 Å². The molecule has 1 aromatic heterocycles. The van der Waals surface area contributed by atoms with E-state index in [9.17, 15) is 18.0 Å². The molecule has 94 valence electrons. The Kier molecular flexibility index (Phi) is 2.61. The van der Waals surface area contributed by atoms with Crippen molar-refractivity contribution in [1.82, 2.24) is 15.1 Å². The Balaban J connectivity index is 2.26. The molecule has 2 N–H and O–H groups in total. The second-order valence-electron chi connectivity index (χ2n) is 4.07. The maximum absolute atomic E-state index is 12.4. The van der Waals surface area contributed by atoms with E-state index in [0.717, 1.165) is 10.9 Å². The topological polar surface area (TPSA) is 67.1 Å². The SMILES string of the molecule is O=C(O)CC1(n2cc(C(F)(F)F)cn2)CNC1. The summed E-state index contributed by atoms with van der Waals surface area (Å²) in [6.07, 6.45) is -3.15. The van der Waals surface area contributed by atoms with Crippen LogP contribution in [0.1, 0.15) is 12.0 Å². The Labute approximate surface area is 94.2 Å². The average molecular weight is 249 g/mol. The van der Waals surface area contributed by atoms with Gasteiger partial charge in [-0.2, -0.15) is 18.3 Å². The molecule has 1 aromatic rings. The van der Waals surface area contributed by atoms with Crippen molar-refractivity contribution < 1.29 is 23.1 Å². The zero-order valence-electron chi connectivity index (χ0n) is 8.66. The molecule has 0 saturated carbocycles. The monoisotopic (exact) mass is 249 g/mol. The lowest BCUT2D eigenvalue weighted by Crippen LogP contribution is -2.61. The van der Waals surface area contributed by atoms with E-state index in [-0.39, 0.29) is 6.42 Å². The van der Waals surface area contributed by atoms with Crippen molar-refractivity contribution in [2.45, 2.75) is 18.1 Å². The summed E-state index contributed by atoms with van der Waals surface area (Å²) < 4.78 is 38.3. The molecule has 0 unspecified atom stereocenters. The fourth-order valence-corrected chi connectivity index (χ4v) is 1.79. The minimum Gasteiger partial charge on any atom is -0.481 e. The first-order valence-corrected chi connectivity index (χ1v) is 4.88. The van der Waals surface area contributed by atoms with Gasteiger partial charge in [0.15, 0.2) is 0 Å². The normalized spacial score (nSPS) is 18.8. The van der Waals surface area contributed by atoms with E-state index >= 15 is 0 Å². The zero-order chi connectivity index (χ0) is 12.7. The van der Waals surface area contributed by atoms with E-state index < -0.39 is 23.2 Å². The highest BCUT2D eigenvalue weighted by atomic mass is 19.4. The molecule has 0 spiro atoms. The lowest BCUT2D eigenvalue weighted by atomic mass is 9.89. The smallest absolute Gasteiger partial charge is 0.419 e. The third-order valence-corrected chi connectivity index (χ3v) is 2.78. The Morgan fingerprint density at radius 1 is 1.59 bits per heavy atom. The van der Waals surface area contributed by atoms with E-state index in [1.165, 1.54) is 0 Å². The molecule has 2 rings (SSSR count). The van der Waals surface area contributed by atoms with Crippen LogP contribution in [0, 0.1) is 0 Å². The van der Waals surface area contributed by atoms with Gasteiger partial charge in [-0.05, 0) is 0 Å². The van der Waals surface area contributed by atoms with Crippen molar-refractivity contribution in [1.29, 1.82) is 0 Å². The van der Waals surface area contributed by atoms with Gasteiger partial charge < -0.3 is 10.4 Å². The van der Waals surface area contributed by atoms with Gasteiger partial charge in [0.25, 0.3) is 0 Å². The maximum Gasteiger partial charge on any atom is 0.419 e. The number of alkyl halides is 3. The van der Waals surface area contributed by atoms with Crippen molar-refractivity contribution in [2.75, 3.05) is 13.1 Å². The second-order valence-corrected chi connectivity index (χ2v) is 4.07. The number of rotatable bonds is 3. The number of nitrogens with zero attached hydrogens (tertiary/aromatic N) is 2. The fraction of sp³-hybridized carbons (Fsp3) is 0.556. The third-order valence-electron chi connectivity index (χ3n) is 2.78. The number of carboxylic acids is 1. The van der Waals surface area contributed by atoms with Crippen LogP contribution in [0.15, 0.2) is 12.4 Å². The van der Waals surface area contributed by atoms with E-state index in [4.69, 9.17) is 5.11 Å². The highest BCUT2D eigenvalue weighted by Gasteiger charge is 2.43. The van der Waals surface area contributed by atoms with Gasteiger partial charge in [0.2, 0.25) is 0 Å². The minimum absolute atomic E-state index is 0.251. The summed E-state index contributed by atoms with van der Waals surface area (Å²) in [7, 11) is 0. The number of hydrogen-bond donors (Lipinski definition) is 2. The maximum atomic E-state index is 12.4. The van der Waals surface area contributed by atoms with Crippen molar-refractivity contribution in [3.63, 3.8) is 0 Å². The largest absolute Gasteiger partial charge is 0.481 e. The molecule has 0 amide bonds. The number of carboxylic acid groups (broad SMARTS) is 1. The number of carbonyl (C=O) groups is 1. The number of halogens is 3. The van der Waals surface area contributed by atoms with Crippen LogP contribution >= 0.6 is 0 Å². The lowest BCUT2D eigenvalue weighted by molar-refractivity contribution is -0.140. The van der Waals surface area contributed by atoms with Gasteiger partial charge in [-0.25, -0.2) is 0 Å². The molecule has 0 bridgehead atoms. The molecule has 1 fully saturated rings. The molecular formula is C9H10F3N3O2. The molecule has 0 radical (unpaired) electrons. The summed E-state index contributed by atoms with van der Waals surface area (Å²) in [5.41, 5.74) is -1.75.